The van der Waals surface area contributed by atoms with E-state index in [1.807, 2.05) is 0 Å². The van der Waals surface area contributed by atoms with Crippen molar-refractivity contribution in [2.75, 3.05) is 32.8 Å². The molecule has 1 saturated carbocycles. The Hall–Kier alpha value is -2.40. The van der Waals surface area contributed by atoms with Crippen LogP contribution in [0.25, 0.3) is 0 Å². The largest absolute Gasteiger partial charge is 0.450 e. The first kappa shape index (κ1) is 29.6. The van der Waals surface area contributed by atoms with Gasteiger partial charge in [0.05, 0.1) is 22.2 Å². The van der Waals surface area contributed by atoms with E-state index in [9.17, 15) is 22.4 Å². The second-order valence-corrected chi connectivity index (χ2v) is 12.4. The molecule has 0 spiro atoms. The second-order valence-electron chi connectivity index (χ2n) is 9.67. The molecule has 2 amide bonds. The molecular weight excluding hydrogens is 568 g/mol. The molecule has 0 aromatic heterocycles. The van der Waals surface area contributed by atoms with Crippen molar-refractivity contribution in [3.05, 3.63) is 63.4 Å². The number of halogens is 3. The van der Waals surface area contributed by atoms with Crippen LogP contribution in [0.2, 0.25) is 10.0 Å². The van der Waals surface area contributed by atoms with Crippen LogP contribution in [0.3, 0.4) is 0 Å². The molecule has 0 atom stereocenters. The van der Waals surface area contributed by atoms with Crippen molar-refractivity contribution in [3.63, 3.8) is 0 Å². The van der Waals surface area contributed by atoms with Gasteiger partial charge in [-0.05, 0) is 38.0 Å². The predicted molar refractivity (Wildman–Crippen MR) is 147 cm³/mol. The summed E-state index contributed by atoms with van der Waals surface area (Å²) in [5.41, 5.74) is 0.362. The third-order valence-corrected chi connectivity index (χ3v) is 9.89. The van der Waals surface area contributed by atoms with Gasteiger partial charge in [0.15, 0.2) is 0 Å². The van der Waals surface area contributed by atoms with Crippen LogP contribution in [0, 0.1) is 5.82 Å². The fourth-order valence-corrected chi connectivity index (χ4v) is 7.33. The first-order valence-electron chi connectivity index (χ1n) is 13.1. The first-order chi connectivity index (χ1) is 18.6. The maximum atomic E-state index is 14.6. The molecule has 8 nitrogen and oxygen atoms in total. The number of hydrogen-bond donors (Lipinski definition) is 0. The van der Waals surface area contributed by atoms with Crippen LogP contribution in [0.1, 0.15) is 54.9 Å². The molecule has 39 heavy (non-hydrogen) atoms. The number of amides is 2. The third kappa shape index (κ3) is 6.67. The lowest BCUT2D eigenvalue weighted by atomic mass is 9.93. The van der Waals surface area contributed by atoms with Gasteiger partial charge in [-0.2, -0.15) is 4.31 Å². The maximum absolute atomic E-state index is 14.6. The standard InChI is InChI=1S/C27H32Cl2FN3O5S/c1-2-38-27(35)31-12-14-32(15-13-31)39(36,37)25-16-21(22(28)17-23(25)29)26(34)33(20-9-4-3-5-10-20)18-19-8-6-7-11-24(19)30/h6-8,11,16-17,20H,2-5,9-10,12-15,18H2,1H3. The molecule has 0 radical (unpaired) electrons. The van der Waals surface area contributed by atoms with Crippen LogP contribution in [0.4, 0.5) is 9.18 Å². The number of ether oxygens (including phenoxy) is 1. The summed E-state index contributed by atoms with van der Waals surface area (Å²) in [5, 5.41) is -0.0897. The fraction of sp³-hybridized carbons (Fsp3) is 0.481. The number of hydrogen-bond acceptors (Lipinski definition) is 5. The summed E-state index contributed by atoms with van der Waals surface area (Å²) in [5.74, 6) is -0.894. The number of benzene rings is 2. The zero-order chi connectivity index (χ0) is 28.2. The van der Waals surface area contributed by atoms with E-state index in [1.165, 1.54) is 27.4 Å². The summed E-state index contributed by atoms with van der Waals surface area (Å²) in [6.07, 6.45) is 3.98. The normalized spacial score (nSPS) is 17.2. The highest BCUT2D eigenvalue weighted by atomic mass is 35.5. The lowest BCUT2D eigenvalue weighted by molar-refractivity contribution is 0.0611. The number of nitrogens with zero attached hydrogens (tertiary/aromatic N) is 3. The minimum atomic E-state index is -4.11. The molecule has 2 aromatic rings. The van der Waals surface area contributed by atoms with Crippen molar-refractivity contribution < 1.29 is 27.1 Å². The zero-order valence-electron chi connectivity index (χ0n) is 21.7. The minimum Gasteiger partial charge on any atom is -0.450 e. The summed E-state index contributed by atoms with van der Waals surface area (Å²) >= 11 is 12.8. The van der Waals surface area contributed by atoms with Gasteiger partial charge in [-0.1, -0.05) is 60.7 Å². The van der Waals surface area contributed by atoms with Gasteiger partial charge in [0.2, 0.25) is 10.0 Å². The topological polar surface area (TPSA) is 87.2 Å². The van der Waals surface area contributed by atoms with Crippen molar-refractivity contribution in [3.8, 4) is 0 Å². The monoisotopic (exact) mass is 599 g/mol. The van der Waals surface area contributed by atoms with Gasteiger partial charge in [-0.15, -0.1) is 0 Å². The van der Waals surface area contributed by atoms with Crippen molar-refractivity contribution in [1.29, 1.82) is 0 Å². The molecule has 2 aromatic carbocycles. The van der Waals surface area contributed by atoms with E-state index in [0.717, 1.165) is 32.1 Å². The van der Waals surface area contributed by atoms with Crippen molar-refractivity contribution in [1.82, 2.24) is 14.1 Å². The van der Waals surface area contributed by atoms with E-state index in [-0.39, 0.29) is 65.9 Å². The average molecular weight is 601 g/mol. The molecule has 2 aliphatic rings. The smallest absolute Gasteiger partial charge is 0.409 e. The highest BCUT2D eigenvalue weighted by Crippen LogP contribution is 2.34. The highest BCUT2D eigenvalue weighted by Gasteiger charge is 2.34. The first-order valence-corrected chi connectivity index (χ1v) is 15.3. The molecule has 4 rings (SSSR count). The Morgan fingerprint density at radius 3 is 2.33 bits per heavy atom. The van der Waals surface area contributed by atoms with Gasteiger partial charge >= 0.3 is 6.09 Å². The van der Waals surface area contributed by atoms with Crippen molar-refractivity contribution in [2.24, 2.45) is 0 Å². The Morgan fingerprint density at radius 2 is 1.69 bits per heavy atom. The summed E-state index contributed by atoms with van der Waals surface area (Å²) in [4.78, 5) is 28.8. The van der Waals surface area contributed by atoms with Crippen LogP contribution in [-0.2, 0) is 21.3 Å². The molecular formula is C27H32Cl2FN3O5S. The Morgan fingerprint density at radius 1 is 1.03 bits per heavy atom. The van der Waals surface area contributed by atoms with Crippen molar-refractivity contribution >= 4 is 45.2 Å². The SMILES string of the molecule is CCOC(=O)N1CCN(S(=O)(=O)c2cc(C(=O)N(Cc3ccccc3F)C3CCCCC3)c(Cl)cc2Cl)CC1. The van der Waals surface area contributed by atoms with Gasteiger partial charge in [0.25, 0.3) is 5.91 Å². The highest BCUT2D eigenvalue weighted by molar-refractivity contribution is 7.89. The number of piperazine rings is 1. The van der Waals surface area contributed by atoms with Crippen LogP contribution in [0.5, 0.6) is 0 Å². The summed E-state index contributed by atoms with van der Waals surface area (Å²) in [6.45, 7) is 2.37. The Labute approximate surface area is 238 Å². The van der Waals surface area contributed by atoms with Crippen LogP contribution in [-0.4, -0.2) is 73.4 Å². The van der Waals surface area contributed by atoms with E-state index in [4.69, 9.17) is 27.9 Å². The number of rotatable bonds is 7. The van der Waals surface area contributed by atoms with Gasteiger partial charge in [0.1, 0.15) is 10.7 Å². The molecule has 0 N–H and O–H groups in total. The minimum absolute atomic E-state index is 0.00767. The Balaban J connectivity index is 1.63. The molecule has 1 heterocycles. The molecule has 0 bridgehead atoms. The Bertz CT molecular complexity index is 1310. The molecule has 0 unspecified atom stereocenters. The maximum Gasteiger partial charge on any atom is 0.409 e. The van der Waals surface area contributed by atoms with E-state index >= 15 is 0 Å². The van der Waals surface area contributed by atoms with E-state index in [2.05, 4.69) is 0 Å². The fourth-order valence-electron chi connectivity index (χ4n) is 5.08. The molecule has 12 heteroatoms. The van der Waals surface area contributed by atoms with Crippen LogP contribution >= 0.6 is 23.2 Å². The van der Waals surface area contributed by atoms with E-state index in [0.29, 0.717) is 5.56 Å². The summed E-state index contributed by atoms with van der Waals surface area (Å²) in [6, 6.07) is 8.63. The quantitative estimate of drug-likeness (QED) is 0.415. The van der Waals surface area contributed by atoms with E-state index in [1.54, 1.807) is 30.0 Å². The lowest BCUT2D eigenvalue weighted by Crippen LogP contribution is -2.50. The molecule has 2 fully saturated rings. The second kappa shape index (κ2) is 12.8. The Kier molecular flexibility index (Phi) is 9.74. The predicted octanol–water partition coefficient (Wildman–Crippen LogP) is 5.57. The number of sulfonamides is 1. The third-order valence-electron chi connectivity index (χ3n) is 7.21. The zero-order valence-corrected chi connectivity index (χ0v) is 24.1. The number of carbonyl (C=O) groups is 2. The molecule has 1 aliphatic heterocycles. The average Bonchev–Trinajstić information content (AvgIpc) is 2.93. The molecule has 212 valence electrons. The van der Waals surface area contributed by atoms with Crippen LogP contribution < -0.4 is 0 Å². The van der Waals surface area contributed by atoms with Gasteiger partial charge in [0, 0.05) is 44.3 Å². The van der Waals surface area contributed by atoms with Crippen molar-refractivity contribution in [2.45, 2.75) is 56.5 Å². The van der Waals surface area contributed by atoms with Gasteiger partial charge in [-0.3, -0.25) is 4.79 Å². The van der Waals surface area contributed by atoms with Gasteiger partial charge < -0.3 is 14.5 Å². The number of carbonyl (C=O) groups excluding carboxylic acids is 2. The van der Waals surface area contributed by atoms with E-state index < -0.39 is 27.8 Å². The summed E-state index contributed by atoms with van der Waals surface area (Å²) in [7, 11) is -4.11. The lowest BCUT2D eigenvalue weighted by Gasteiger charge is -2.35. The molecule has 1 aliphatic carbocycles. The van der Waals surface area contributed by atoms with Gasteiger partial charge in [-0.25, -0.2) is 17.6 Å². The molecule has 1 saturated heterocycles. The van der Waals surface area contributed by atoms with Crippen LogP contribution in [0.15, 0.2) is 41.3 Å². The summed E-state index contributed by atoms with van der Waals surface area (Å²) < 4.78 is 48.0.